The molecule has 0 aromatic carbocycles. The maximum absolute atomic E-state index is 12.6. The lowest BCUT2D eigenvalue weighted by molar-refractivity contribution is 0.505. The number of halogens is 1. The van der Waals surface area contributed by atoms with Gasteiger partial charge in [0, 0.05) is 37.4 Å². The van der Waals surface area contributed by atoms with E-state index in [1.807, 2.05) is 0 Å². The van der Waals surface area contributed by atoms with Crippen molar-refractivity contribution < 1.29 is 0 Å². The topological polar surface area (TPSA) is 38.1 Å². The predicted octanol–water partition coefficient (Wildman–Crippen LogP) is 2.89. The molecule has 0 radical (unpaired) electrons. The Morgan fingerprint density at radius 2 is 2.15 bits per heavy atom. The molecule has 1 aromatic rings. The van der Waals surface area contributed by atoms with Crippen LogP contribution in [0.5, 0.6) is 0 Å². The summed E-state index contributed by atoms with van der Waals surface area (Å²) in [6.07, 6.45) is 8.25. The standard InChI is InChI=1S/C15H24ClN3O/c1-12(2)11-18-10-8-17-14(15(18)20)19(9-7-16)13-5-3-4-6-13/h8,10,12-13H,3-7,9,11H2,1-2H3. The summed E-state index contributed by atoms with van der Waals surface area (Å²) in [6, 6.07) is 0.420. The molecular formula is C15H24ClN3O. The first kappa shape index (κ1) is 15.4. The van der Waals surface area contributed by atoms with Crippen LogP contribution in [0.2, 0.25) is 0 Å². The third kappa shape index (κ3) is 3.54. The maximum atomic E-state index is 12.6. The van der Waals surface area contributed by atoms with E-state index in [4.69, 9.17) is 11.6 Å². The smallest absolute Gasteiger partial charge is 0.293 e. The number of hydrogen-bond acceptors (Lipinski definition) is 3. The number of anilines is 1. The van der Waals surface area contributed by atoms with Gasteiger partial charge in [-0.2, -0.15) is 0 Å². The molecule has 0 atom stereocenters. The average Bonchev–Trinajstić information content (AvgIpc) is 2.92. The van der Waals surface area contributed by atoms with Crippen LogP contribution in [-0.4, -0.2) is 28.0 Å². The van der Waals surface area contributed by atoms with Gasteiger partial charge in [0.2, 0.25) is 0 Å². The van der Waals surface area contributed by atoms with Gasteiger partial charge in [0.1, 0.15) is 0 Å². The minimum Gasteiger partial charge on any atom is -0.348 e. The number of rotatable bonds is 6. The van der Waals surface area contributed by atoms with Crippen LogP contribution < -0.4 is 10.5 Å². The first-order valence-corrected chi connectivity index (χ1v) is 8.05. The van der Waals surface area contributed by atoms with Crippen molar-refractivity contribution in [1.29, 1.82) is 0 Å². The molecule has 0 saturated heterocycles. The summed E-state index contributed by atoms with van der Waals surface area (Å²) >= 11 is 5.92. The summed E-state index contributed by atoms with van der Waals surface area (Å²) in [7, 11) is 0. The van der Waals surface area contributed by atoms with Gasteiger partial charge in [-0.15, -0.1) is 11.6 Å². The molecule has 1 saturated carbocycles. The van der Waals surface area contributed by atoms with E-state index in [9.17, 15) is 4.79 Å². The number of alkyl halides is 1. The number of nitrogens with zero attached hydrogens (tertiary/aromatic N) is 3. The fourth-order valence-electron chi connectivity index (χ4n) is 2.94. The van der Waals surface area contributed by atoms with Gasteiger partial charge in [0.25, 0.3) is 5.56 Å². The number of hydrogen-bond donors (Lipinski definition) is 0. The van der Waals surface area contributed by atoms with E-state index >= 15 is 0 Å². The second kappa shape index (κ2) is 7.11. The van der Waals surface area contributed by atoms with Crippen LogP contribution in [0, 0.1) is 5.92 Å². The van der Waals surface area contributed by atoms with E-state index < -0.39 is 0 Å². The van der Waals surface area contributed by atoms with E-state index in [-0.39, 0.29) is 5.56 Å². The SMILES string of the molecule is CC(C)Cn1ccnc(N(CCCl)C2CCCC2)c1=O. The zero-order chi connectivity index (χ0) is 14.5. The van der Waals surface area contributed by atoms with Crippen LogP contribution in [0.15, 0.2) is 17.2 Å². The fourth-order valence-corrected chi connectivity index (χ4v) is 3.12. The van der Waals surface area contributed by atoms with Crippen molar-refractivity contribution in [1.82, 2.24) is 9.55 Å². The molecule has 20 heavy (non-hydrogen) atoms. The molecule has 0 N–H and O–H groups in total. The minimum absolute atomic E-state index is 0.0122. The summed E-state index contributed by atoms with van der Waals surface area (Å²) in [5.41, 5.74) is 0.0122. The Balaban J connectivity index is 2.30. The Bertz CT molecular complexity index is 480. The molecule has 0 bridgehead atoms. The summed E-state index contributed by atoms with van der Waals surface area (Å²) in [5.74, 6) is 1.54. The van der Waals surface area contributed by atoms with Crippen molar-refractivity contribution in [3.05, 3.63) is 22.7 Å². The molecule has 1 heterocycles. The molecule has 0 aliphatic heterocycles. The highest BCUT2D eigenvalue weighted by molar-refractivity contribution is 6.18. The zero-order valence-corrected chi connectivity index (χ0v) is 13.1. The van der Waals surface area contributed by atoms with Crippen molar-refractivity contribution >= 4 is 17.4 Å². The van der Waals surface area contributed by atoms with Crippen LogP contribution in [0.4, 0.5) is 5.82 Å². The van der Waals surface area contributed by atoms with Gasteiger partial charge in [-0.05, 0) is 18.8 Å². The third-order valence-electron chi connectivity index (χ3n) is 3.82. The largest absolute Gasteiger partial charge is 0.348 e. The molecule has 0 unspecified atom stereocenters. The second-order valence-electron chi connectivity index (χ2n) is 5.92. The van der Waals surface area contributed by atoms with Crippen molar-refractivity contribution in [2.75, 3.05) is 17.3 Å². The molecule has 4 nitrogen and oxygen atoms in total. The lowest BCUT2D eigenvalue weighted by Gasteiger charge is -2.29. The van der Waals surface area contributed by atoms with Crippen LogP contribution in [0.1, 0.15) is 39.5 Å². The van der Waals surface area contributed by atoms with Crippen LogP contribution in [0.25, 0.3) is 0 Å². The van der Waals surface area contributed by atoms with Gasteiger partial charge in [0.05, 0.1) is 0 Å². The lowest BCUT2D eigenvalue weighted by atomic mass is 10.2. The van der Waals surface area contributed by atoms with Gasteiger partial charge in [-0.1, -0.05) is 26.7 Å². The number of aromatic nitrogens is 2. The first-order valence-electron chi connectivity index (χ1n) is 7.51. The molecule has 1 aliphatic carbocycles. The second-order valence-corrected chi connectivity index (χ2v) is 6.30. The van der Waals surface area contributed by atoms with Crippen molar-refractivity contribution in [2.45, 2.75) is 52.1 Å². The first-order chi connectivity index (χ1) is 9.63. The van der Waals surface area contributed by atoms with E-state index in [1.54, 1.807) is 17.0 Å². The summed E-state index contributed by atoms with van der Waals surface area (Å²) in [5, 5.41) is 0. The van der Waals surface area contributed by atoms with E-state index in [0.29, 0.717) is 30.2 Å². The molecule has 112 valence electrons. The quantitative estimate of drug-likeness (QED) is 0.758. The highest BCUT2D eigenvalue weighted by atomic mass is 35.5. The highest BCUT2D eigenvalue weighted by Gasteiger charge is 2.25. The Morgan fingerprint density at radius 1 is 1.45 bits per heavy atom. The Labute approximate surface area is 125 Å². The summed E-state index contributed by atoms with van der Waals surface area (Å²) in [6.45, 7) is 5.65. The highest BCUT2D eigenvalue weighted by Crippen LogP contribution is 2.25. The minimum atomic E-state index is 0.0122. The van der Waals surface area contributed by atoms with Gasteiger partial charge in [-0.3, -0.25) is 4.79 Å². The summed E-state index contributed by atoms with van der Waals surface area (Å²) in [4.78, 5) is 19.1. The molecule has 0 amide bonds. The molecule has 1 fully saturated rings. The van der Waals surface area contributed by atoms with Gasteiger partial charge in [-0.25, -0.2) is 4.98 Å². The maximum Gasteiger partial charge on any atom is 0.293 e. The Morgan fingerprint density at radius 3 is 2.75 bits per heavy atom. The molecule has 2 rings (SSSR count). The Kier molecular flexibility index (Phi) is 5.46. The van der Waals surface area contributed by atoms with Gasteiger partial charge < -0.3 is 9.47 Å². The van der Waals surface area contributed by atoms with Gasteiger partial charge in [0.15, 0.2) is 5.82 Å². The molecule has 1 aromatic heterocycles. The van der Waals surface area contributed by atoms with Gasteiger partial charge >= 0.3 is 0 Å². The fraction of sp³-hybridized carbons (Fsp3) is 0.733. The monoisotopic (exact) mass is 297 g/mol. The normalized spacial score (nSPS) is 16.0. The molecule has 1 aliphatic rings. The van der Waals surface area contributed by atoms with Crippen molar-refractivity contribution in [2.24, 2.45) is 5.92 Å². The van der Waals surface area contributed by atoms with Crippen molar-refractivity contribution in [3.63, 3.8) is 0 Å². The third-order valence-corrected chi connectivity index (χ3v) is 3.99. The molecule has 5 heteroatoms. The molecule has 0 spiro atoms. The molecular weight excluding hydrogens is 274 g/mol. The van der Waals surface area contributed by atoms with E-state index in [1.165, 1.54) is 12.8 Å². The lowest BCUT2D eigenvalue weighted by Crippen LogP contribution is -2.41. The Hall–Kier alpha value is -1.03. The average molecular weight is 298 g/mol. The van der Waals surface area contributed by atoms with Crippen LogP contribution in [0.3, 0.4) is 0 Å². The zero-order valence-electron chi connectivity index (χ0n) is 12.4. The predicted molar refractivity (Wildman–Crippen MR) is 83.7 cm³/mol. The van der Waals surface area contributed by atoms with E-state index in [0.717, 1.165) is 19.4 Å². The summed E-state index contributed by atoms with van der Waals surface area (Å²) < 4.78 is 1.77. The van der Waals surface area contributed by atoms with Crippen molar-refractivity contribution in [3.8, 4) is 0 Å². The van der Waals surface area contributed by atoms with Crippen LogP contribution in [-0.2, 0) is 6.54 Å². The van der Waals surface area contributed by atoms with Crippen LogP contribution >= 0.6 is 11.6 Å². The van der Waals surface area contributed by atoms with E-state index in [2.05, 4.69) is 23.7 Å².